The SMILES string of the molecule is Cc1ccc2c(c1)nc(-c1ccccc1)n2-c1cccnc1. The number of benzene rings is 2. The fourth-order valence-electron chi connectivity index (χ4n) is 2.72. The highest BCUT2D eigenvalue weighted by atomic mass is 15.1. The molecule has 4 rings (SSSR count). The second-order valence-electron chi connectivity index (χ2n) is 5.34. The van der Waals surface area contributed by atoms with Crippen molar-refractivity contribution in [2.75, 3.05) is 0 Å². The highest BCUT2D eigenvalue weighted by molar-refractivity contribution is 5.83. The second-order valence-corrected chi connectivity index (χ2v) is 5.34. The van der Waals surface area contributed by atoms with E-state index in [0.29, 0.717) is 0 Å². The molecule has 2 aromatic carbocycles. The first kappa shape index (κ1) is 12.8. The van der Waals surface area contributed by atoms with E-state index in [-0.39, 0.29) is 0 Å². The van der Waals surface area contributed by atoms with Crippen molar-refractivity contribution in [2.24, 2.45) is 0 Å². The van der Waals surface area contributed by atoms with Crippen molar-refractivity contribution >= 4 is 11.0 Å². The molecule has 0 saturated carbocycles. The van der Waals surface area contributed by atoms with E-state index in [4.69, 9.17) is 4.98 Å². The molecule has 2 heterocycles. The minimum atomic E-state index is 0.939. The maximum absolute atomic E-state index is 4.86. The first-order valence-corrected chi connectivity index (χ1v) is 7.28. The van der Waals surface area contributed by atoms with Crippen LogP contribution in [0.3, 0.4) is 0 Å². The third-order valence-corrected chi connectivity index (χ3v) is 3.75. The van der Waals surface area contributed by atoms with Crippen LogP contribution in [0, 0.1) is 6.92 Å². The summed E-state index contributed by atoms with van der Waals surface area (Å²) in [6.45, 7) is 2.09. The summed E-state index contributed by atoms with van der Waals surface area (Å²) < 4.78 is 2.16. The standard InChI is InChI=1S/C19H15N3/c1-14-9-10-18-17(12-14)21-19(15-6-3-2-4-7-15)22(18)16-8-5-11-20-13-16/h2-13H,1H3. The van der Waals surface area contributed by atoms with Gasteiger partial charge in [0.1, 0.15) is 5.82 Å². The zero-order valence-electron chi connectivity index (χ0n) is 12.3. The third kappa shape index (κ3) is 2.07. The lowest BCUT2D eigenvalue weighted by Crippen LogP contribution is -1.97. The zero-order valence-corrected chi connectivity index (χ0v) is 12.3. The molecule has 3 nitrogen and oxygen atoms in total. The average molecular weight is 285 g/mol. The minimum absolute atomic E-state index is 0.939. The Hall–Kier alpha value is -2.94. The van der Waals surface area contributed by atoms with E-state index < -0.39 is 0 Å². The Balaban J connectivity index is 2.07. The highest BCUT2D eigenvalue weighted by Crippen LogP contribution is 2.28. The summed E-state index contributed by atoms with van der Waals surface area (Å²) >= 11 is 0. The Morgan fingerprint density at radius 2 is 1.77 bits per heavy atom. The van der Waals surface area contributed by atoms with Crippen molar-refractivity contribution in [3.05, 3.63) is 78.6 Å². The summed E-state index contributed by atoms with van der Waals surface area (Å²) in [5.41, 5.74) is 5.43. The molecule has 0 atom stereocenters. The van der Waals surface area contributed by atoms with Gasteiger partial charge in [0.15, 0.2) is 0 Å². The van der Waals surface area contributed by atoms with E-state index in [9.17, 15) is 0 Å². The summed E-state index contributed by atoms with van der Waals surface area (Å²) in [5, 5.41) is 0. The van der Waals surface area contributed by atoms with Crippen molar-refractivity contribution in [1.82, 2.24) is 14.5 Å². The normalized spacial score (nSPS) is 11.0. The first-order valence-electron chi connectivity index (χ1n) is 7.28. The Kier molecular flexibility index (Phi) is 2.97. The van der Waals surface area contributed by atoms with Crippen molar-refractivity contribution < 1.29 is 0 Å². The van der Waals surface area contributed by atoms with Gasteiger partial charge in [-0.2, -0.15) is 0 Å². The van der Waals surface area contributed by atoms with Gasteiger partial charge in [0.25, 0.3) is 0 Å². The van der Waals surface area contributed by atoms with E-state index in [2.05, 4.69) is 52.9 Å². The second kappa shape index (κ2) is 5.11. The quantitative estimate of drug-likeness (QED) is 0.546. The Morgan fingerprint density at radius 1 is 0.909 bits per heavy atom. The molecule has 106 valence electrons. The largest absolute Gasteiger partial charge is 0.291 e. The molecule has 4 aromatic rings. The van der Waals surface area contributed by atoms with Crippen molar-refractivity contribution in [1.29, 1.82) is 0 Å². The number of pyridine rings is 1. The van der Waals surface area contributed by atoms with Crippen LogP contribution in [0.25, 0.3) is 28.1 Å². The number of aromatic nitrogens is 3. The Bertz CT molecular complexity index is 925. The summed E-state index contributed by atoms with van der Waals surface area (Å²) in [5.74, 6) is 0.939. The van der Waals surface area contributed by atoms with Gasteiger partial charge in [-0.3, -0.25) is 9.55 Å². The molecule has 0 fully saturated rings. The van der Waals surface area contributed by atoms with E-state index in [1.165, 1.54) is 5.56 Å². The van der Waals surface area contributed by atoms with Gasteiger partial charge in [0, 0.05) is 11.8 Å². The smallest absolute Gasteiger partial charge is 0.145 e. The maximum atomic E-state index is 4.86. The molecular formula is C19H15N3. The van der Waals surface area contributed by atoms with Gasteiger partial charge >= 0.3 is 0 Å². The summed E-state index contributed by atoms with van der Waals surface area (Å²) in [4.78, 5) is 9.11. The predicted octanol–water partition coefficient (Wildman–Crippen LogP) is 4.40. The van der Waals surface area contributed by atoms with Gasteiger partial charge in [-0.25, -0.2) is 4.98 Å². The van der Waals surface area contributed by atoms with Gasteiger partial charge in [-0.1, -0.05) is 36.4 Å². The molecule has 0 N–H and O–H groups in total. The lowest BCUT2D eigenvalue weighted by Gasteiger charge is -2.08. The predicted molar refractivity (Wildman–Crippen MR) is 89.0 cm³/mol. The van der Waals surface area contributed by atoms with E-state index in [1.54, 1.807) is 6.20 Å². The van der Waals surface area contributed by atoms with Crippen LogP contribution in [0.5, 0.6) is 0 Å². The number of hydrogen-bond donors (Lipinski definition) is 0. The van der Waals surface area contributed by atoms with E-state index >= 15 is 0 Å². The minimum Gasteiger partial charge on any atom is -0.291 e. The van der Waals surface area contributed by atoms with Crippen LogP contribution in [-0.2, 0) is 0 Å². The maximum Gasteiger partial charge on any atom is 0.145 e. The van der Waals surface area contributed by atoms with Gasteiger partial charge in [-0.05, 0) is 36.8 Å². The van der Waals surface area contributed by atoms with Gasteiger partial charge in [-0.15, -0.1) is 0 Å². The van der Waals surface area contributed by atoms with Gasteiger partial charge in [0.05, 0.1) is 22.9 Å². The highest BCUT2D eigenvalue weighted by Gasteiger charge is 2.14. The molecule has 3 heteroatoms. The van der Waals surface area contributed by atoms with E-state index in [0.717, 1.165) is 28.1 Å². The molecule has 0 spiro atoms. The molecule has 0 aliphatic rings. The molecule has 0 saturated heterocycles. The molecule has 2 aromatic heterocycles. The molecular weight excluding hydrogens is 270 g/mol. The van der Waals surface area contributed by atoms with Crippen LogP contribution in [0.15, 0.2) is 73.1 Å². The van der Waals surface area contributed by atoms with Crippen molar-refractivity contribution in [3.63, 3.8) is 0 Å². The van der Waals surface area contributed by atoms with Crippen LogP contribution in [0.1, 0.15) is 5.56 Å². The number of imidazole rings is 1. The number of hydrogen-bond acceptors (Lipinski definition) is 2. The van der Waals surface area contributed by atoms with Crippen LogP contribution in [0.2, 0.25) is 0 Å². The molecule has 0 radical (unpaired) electrons. The molecule has 0 aliphatic heterocycles. The summed E-state index contributed by atoms with van der Waals surface area (Å²) in [7, 11) is 0. The molecule has 0 unspecified atom stereocenters. The van der Waals surface area contributed by atoms with Crippen molar-refractivity contribution in [3.8, 4) is 17.1 Å². The summed E-state index contributed by atoms with van der Waals surface area (Å²) in [6, 6.07) is 20.6. The molecule has 0 aliphatic carbocycles. The average Bonchev–Trinajstić information content (AvgIpc) is 2.95. The Labute approximate surface area is 128 Å². The van der Waals surface area contributed by atoms with Crippen LogP contribution in [0.4, 0.5) is 0 Å². The molecule has 22 heavy (non-hydrogen) atoms. The third-order valence-electron chi connectivity index (χ3n) is 3.75. The molecule has 0 bridgehead atoms. The summed E-state index contributed by atoms with van der Waals surface area (Å²) in [6.07, 6.45) is 3.66. The number of aryl methyl sites for hydroxylation is 1. The van der Waals surface area contributed by atoms with Crippen LogP contribution in [-0.4, -0.2) is 14.5 Å². The van der Waals surface area contributed by atoms with E-state index in [1.807, 2.05) is 30.5 Å². The number of nitrogens with zero attached hydrogens (tertiary/aromatic N) is 3. The number of rotatable bonds is 2. The van der Waals surface area contributed by atoms with Crippen LogP contribution < -0.4 is 0 Å². The topological polar surface area (TPSA) is 30.7 Å². The molecule has 0 amide bonds. The van der Waals surface area contributed by atoms with Crippen LogP contribution >= 0.6 is 0 Å². The Morgan fingerprint density at radius 3 is 2.55 bits per heavy atom. The lowest BCUT2D eigenvalue weighted by atomic mass is 10.2. The van der Waals surface area contributed by atoms with Gasteiger partial charge in [0.2, 0.25) is 0 Å². The fraction of sp³-hybridized carbons (Fsp3) is 0.0526. The first-order chi connectivity index (χ1) is 10.8. The number of fused-ring (bicyclic) bond motifs is 1. The lowest BCUT2D eigenvalue weighted by molar-refractivity contribution is 1.08. The monoisotopic (exact) mass is 285 g/mol. The fourth-order valence-corrected chi connectivity index (χ4v) is 2.72. The zero-order chi connectivity index (χ0) is 14.9. The van der Waals surface area contributed by atoms with Crippen molar-refractivity contribution in [2.45, 2.75) is 6.92 Å². The van der Waals surface area contributed by atoms with Gasteiger partial charge < -0.3 is 0 Å².